The molecule has 1 aromatic heterocycles. The Kier molecular flexibility index (Phi) is 6.78. The number of imide groups is 1. The standard InChI is InChI=1S/C31H28N4O5S/c1-17-11-13-18(14-12-17)27-26-21(19-7-3-5-9-22(19)32-26)15-25-29(37)35(31(40)34(25)27)24-10-6-4-8-20(24)28(36)33-23(16-41-2)30(38)39/h3-14,23,25,27,32H,15-16H2,1-2H3,(H,33,36)(H,38,39)/t23-,25-,27?/m0/s1. The first-order valence-electron chi connectivity index (χ1n) is 13.2. The number of thioether (sulfide) groups is 1. The summed E-state index contributed by atoms with van der Waals surface area (Å²) < 4.78 is 0. The lowest BCUT2D eigenvalue weighted by Crippen LogP contribution is -2.44. The van der Waals surface area contributed by atoms with Gasteiger partial charge in [-0.15, -0.1) is 0 Å². The number of rotatable bonds is 7. The second-order valence-corrected chi connectivity index (χ2v) is 11.2. The van der Waals surface area contributed by atoms with Crippen molar-refractivity contribution in [3.63, 3.8) is 0 Å². The second kappa shape index (κ2) is 10.4. The normalized spacial score (nSPS) is 18.8. The van der Waals surface area contributed by atoms with E-state index in [0.717, 1.165) is 38.2 Å². The fraction of sp³-hybridized carbons (Fsp3) is 0.226. The van der Waals surface area contributed by atoms with Crippen LogP contribution in [0.15, 0.2) is 72.8 Å². The summed E-state index contributed by atoms with van der Waals surface area (Å²) in [4.78, 5) is 59.5. The lowest BCUT2D eigenvalue weighted by Gasteiger charge is -2.36. The SMILES string of the molecule is CSC[C@H](NC(=O)c1ccccc1N1C(=O)[C@@H]2Cc3c([nH]c4ccccc34)C(c3ccc(C)cc3)N2C1=O)C(=O)O. The smallest absolute Gasteiger partial charge is 0.332 e. The number of H-pyrrole nitrogens is 1. The number of fused-ring (bicyclic) bond motifs is 4. The highest BCUT2D eigenvalue weighted by Crippen LogP contribution is 2.45. The van der Waals surface area contributed by atoms with Crippen LogP contribution in [0.4, 0.5) is 10.5 Å². The quantitative estimate of drug-likeness (QED) is 0.282. The Morgan fingerprint density at radius 1 is 1.05 bits per heavy atom. The van der Waals surface area contributed by atoms with Gasteiger partial charge in [-0.2, -0.15) is 11.8 Å². The molecule has 6 rings (SSSR count). The highest BCUT2D eigenvalue weighted by Gasteiger charge is 2.53. The van der Waals surface area contributed by atoms with Crippen molar-refractivity contribution in [2.75, 3.05) is 16.9 Å². The fourth-order valence-electron chi connectivity index (χ4n) is 5.83. The van der Waals surface area contributed by atoms with Gasteiger partial charge in [-0.25, -0.2) is 14.5 Å². The molecule has 0 spiro atoms. The zero-order valence-electron chi connectivity index (χ0n) is 22.5. The number of hydrogen-bond acceptors (Lipinski definition) is 5. The number of aromatic nitrogens is 1. The van der Waals surface area contributed by atoms with Gasteiger partial charge in [0.25, 0.3) is 11.8 Å². The van der Waals surface area contributed by atoms with Crippen LogP contribution < -0.4 is 10.2 Å². The molecule has 3 aromatic carbocycles. The van der Waals surface area contributed by atoms with Gasteiger partial charge in [-0.05, 0) is 42.5 Å². The van der Waals surface area contributed by atoms with Gasteiger partial charge >= 0.3 is 12.0 Å². The first-order valence-corrected chi connectivity index (χ1v) is 14.6. The van der Waals surface area contributed by atoms with Gasteiger partial charge in [0, 0.05) is 28.8 Å². The van der Waals surface area contributed by atoms with Crippen molar-refractivity contribution in [2.24, 2.45) is 0 Å². The number of nitrogens with zero attached hydrogens (tertiary/aromatic N) is 2. The largest absolute Gasteiger partial charge is 0.480 e. The molecule has 208 valence electrons. The van der Waals surface area contributed by atoms with Crippen LogP contribution in [0.1, 0.15) is 38.8 Å². The van der Waals surface area contributed by atoms with E-state index in [1.807, 2.05) is 55.5 Å². The summed E-state index contributed by atoms with van der Waals surface area (Å²) in [6.07, 6.45) is 2.07. The first kappa shape index (κ1) is 26.6. The van der Waals surface area contributed by atoms with E-state index in [0.29, 0.717) is 6.42 Å². The molecule has 0 bridgehead atoms. The summed E-state index contributed by atoms with van der Waals surface area (Å²) in [5.74, 6) is -2.09. The van der Waals surface area contributed by atoms with E-state index in [2.05, 4.69) is 10.3 Å². The van der Waals surface area contributed by atoms with Crippen LogP contribution in [0.25, 0.3) is 10.9 Å². The van der Waals surface area contributed by atoms with Crippen LogP contribution in [0.5, 0.6) is 0 Å². The molecule has 10 heteroatoms. The Bertz CT molecular complexity index is 1700. The van der Waals surface area contributed by atoms with Crippen LogP contribution in [0.3, 0.4) is 0 Å². The topological polar surface area (TPSA) is 123 Å². The molecule has 3 atom stereocenters. The number of aliphatic carboxylic acids is 1. The number of aryl methyl sites for hydroxylation is 1. The number of anilines is 1. The molecule has 2 aliphatic heterocycles. The number of carboxylic acids is 1. The molecule has 0 radical (unpaired) electrons. The summed E-state index contributed by atoms with van der Waals surface area (Å²) >= 11 is 1.29. The molecule has 3 heterocycles. The van der Waals surface area contributed by atoms with E-state index in [9.17, 15) is 24.3 Å². The number of carboxylic acid groups (broad SMARTS) is 1. The number of urea groups is 1. The maximum absolute atomic E-state index is 14.2. The van der Waals surface area contributed by atoms with Gasteiger partial charge < -0.3 is 15.4 Å². The summed E-state index contributed by atoms with van der Waals surface area (Å²) in [5.41, 5.74) is 4.90. The van der Waals surface area contributed by atoms with Crippen LogP contribution >= 0.6 is 11.8 Å². The van der Waals surface area contributed by atoms with Crippen molar-refractivity contribution in [3.05, 3.63) is 101 Å². The van der Waals surface area contributed by atoms with Crippen molar-refractivity contribution in [3.8, 4) is 0 Å². The Balaban J connectivity index is 1.43. The fourth-order valence-corrected chi connectivity index (χ4v) is 6.39. The zero-order chi connectivity index (χ0) is 28.8. The molecule has 4 amide bonds. The minimum absolute atomic E-state index is 0.0530. The van der Waals surface area contributed by atoms with Crippen LogP contribution in [0.2, 0.25) is 0 Å². The highest BCUT2D eigenvalue weighted by atomic mass is 32.2. The molecule has 3 N–H and O–H groups in total. The number of aromatic amines is 1. The maximum atomic E-state index is 14.2. The first-order chi connectivity index (χ1) is 19.8. The number of hydrogen-bond donors (Lipinski definition) is 3. The Labute approximate surface area is 240 Å². The van der Waals surface area contributed by atoms with Crippen LogP contribution in [0, 0.1) is 6.92 Å². The Hall–Kier alpha value is -4.57. The van der Waals surface area contributed by atoms with E-state index in [-0.39, 0.29) is 17.0 Å². The predicted octanol–water partition coefficient (Wildman–Crippen LogP) is 4.51. The molecule has 1 unspecified atom stereocenters. The van der Waals surface area contributed by atoms with Crippen molar-refractivity contribution in [1.82, 2.24) is 15.2 Å². The minimum atomic E-state index is -1.16. The van der Waals surface area contributed by atoms with Gasteiger partial charge in [0.2, 0.25) is 0 Å². The number of amides is 4. The van der Waals surface area contributed by atoms with Gasteiger partial charge in [0.15, 0.2) is 0 Å². The molecule has 0 aliphatic carbocycles. The van der Waals surface area contributed by atoms with Crippen LogP contribution in [-0.2, 0) is 16.0 Å². The van der Waals surface area contributed by atoms with Crippen molar-refractivity contribution in [2.45, 2.75) is 31.5 Å². The molecule has 4 aromatic rings. The van der Waals surface area contributed by atoms with Gasteiger partial charge in [0.05, 0.1) is 11.3 Å². The number of nitrogens with one attached hydrogen (secondary N) is 2. The number of para-hydroxylation sites is 2. The lowest BCUT2D eigenvalue weighted by atomic mass is 9.88. The van der Waals surface area contributed by atoms with Crippen molar-refractivity contribution in [1.29, 1.82) is 0 Å². The van der Waals surface area contributed by atoms with Crippen LogP contribution in [-0.4, -0.2) is 62.9 Å². The summed E-state index contributed by atoms with van der Waals surface area (Å²) in [6.45, 7) is 1.99. The number of carbonyl (C=O) groups is 4. The average Bonchev–Trinajstić information content (AvgIpc) is 3.46. The zero-order valence-corrected chi connectivity index (χ0v) is 23.3. The van der Waals surface area contributed by atoms with E-state index < -0.39 is 41.9 Å². The lowest BCUT2D eigenvalue weighted by molar-refractivity contribution is -0.138. The molecule has 1 fully saturated rings. The number of carbonyl (C=O) groups excluding carboxylic acids is 3. The summed E-state index contributed by atoms with van der Waals surface area (Å²) in [7, 11) is 0. The minimum Gasteiger partial charge on any atom is -0.480 e. The monoisotopic (exact) mass is 568 g/mol. The third-order valence-corrected chi connectivity index (χ3v) is 8.44. The number of benzene rings is 3. The third-order valence-electron chi connectivity index (χ3n) is 7.77. The average molecular weight is 569 g/mol. The van der Waals surface area contributed by atoms with Crippen molar-refractivity contribution < 1.29 is 24.3 Å². The second-order valence-electron chi connectivity index (χ2n) is 10.3. The molecule has 0 saturated carbocycles. The van der Waals surface area contributed by atoms with Crippen molar-refractivity contribution >= 4 is 52.2 Å². The maximum Gasteiger partial charge on any atom is 0.332 e. The Morgan fingerprint density at radius 2 is 1.76 bits per heavy atom. The third kappa shape index (κ3) is 4.44. The molecule has 1 saturated heterocycles. The van der Waals surface area contributed by atoms with E-state index in [1.165, 1.54) is 17.8 Å². The van der Waals surface area contributed by atoms with E-state index in [4.69, 9.17) is 0 Å². The summed E-state index contributed by atoms with van der Waals surface area (Å²) in [5, 5.41) is 13.1. The van der Waals surface area contributed by atoms with Gasteiger partial charge in [-0.3, -0.25) is 14.5 Å². The molecule has 2 aliphatic rings. The highest BCUT2D eigenvalue weighted by molar-refractivity contribution is 7.98. The van der Waals surface area contributed by atoms with E-state index >= 15 is 0 Å². The predicted molar refractivity (Wildman–Crippen MR) is 157 cm³/mol. The Morgan fingerprint density at radius 3 is 2.49 bits per heavy atom. The van der Waals surface area contributed by atoms with Gasteiger partial charge in [0.1, 0.15) is 18.1 Å². The molecule has 9 nitrogen and oxygen atoms in total. The van der Waals surface area contributed by atoms with Gasteiger partial charge in [-0.1, -0.05) is 60.2 Å². The molecular weight excluding hydrogens is 540 g/mol. The summed E-state index contributed by atoms with van der Waals surface area (Å²) in [6, 6.07) is 19.1. The van der Waals surface area contributed by atoms with E-state index in [1.54, 1.807) is 29.4 Å². The molecular formula is C31H28N4O5S. The molecule has 41 heavy (non-hydrogen) atoms.